The van der Waals surface area contributed by atoms with Crippen LogP contribution in [0, 0.1) is 0 Å². The van der Waals surface area contributed by atoms with Gasteiger partial charge in [-0.1, -0.05) is 55.1 Å². The monoisotopic (exact) mass is 264 g/mol. The molecular formula is C17H12O3. The average Bonchev–Trinajstić information content (AvgIpc) is 2.49. The van der Waals surface area contributed by atoms with Gasteiger partial charge in [-0.05, 0) is 6.07 Å². The molecule has 0 saturated heterocycles. The second-order valence-corrected chi connectivity index (χ2v) is 4.62. The standard InChI is InChI=1S/C17H12O3/c1-11-15(16(18)12-7-3-2-4-8-12)13-9-5-6-10-14(13)20-17(11)19/h2-10,15H,1H2/t15-/m0/s1. The molecule has 3 heteroatoms. The second kappa shape index (κ2) is 4.78. The molecule has 0 fully saturated rings. The maximum atomic E-state index is 12.6. The van der Waals surface area contributed by atoms with Crippen molar-refractivity contribution in [2.24, 2.45) is 0 Å². The first-order valence-electron chi connectivity index (χ1n) is 6.27. The maximum Gasteiger partial charge on any atom is 0.339 e. The Labute approximate surface area is 116 Å². The number of ketones is 1. The van der Waals surface area contributed by atoms with Crippen LogP contribution in [0.4, 0.5) is 0 Å². The molecule has 0 bridgehead atoms. The Morgan fingerprint density at radius 3 is 2.40 bits per heavy atom. The van der Waals surface area contributed by atoms with Gasteiger partial charge in [0.2, 0.25) is 0 Å². The van der Waals surface area contributed by atoms with E-state index < -0.39 is 11.9 Å². The molecule has 1 aliphatic rings. The number of para-hydroxylation sites is 1. The summed E-state index contributed by atoms with van der Waals surface area (Å²) >= 11 is 0. The summed E-state index contributed by atoms with van der Waals surface area (Å²) in [5.41, 5.74) is 1.42. The van der Waals surface area contributed by atoms with Crippen LogP contribution >= 0.6 is 0 Å². The fraction of sp³-hybridized carbons (Fsp3) is 0.0588. The first-order chi connectivity index (χ1) is 9.68. The Morgan fingerprint density at radius 2 is 1.65 bits per heavy atom. The maximum absolute atomic E-state index is 12.6. The molecule has 1 heterocycles. The summed E-state index contributed by atoms with van der Waals surface area (Å²) < 4.78 is 5.17. The van der Waals surface area contributed by atoms with E-state index in [-0.39, 0.29) is 11.4 Å². The fourth-order valence-corrected chi connectivity index (χ4v) is 2.35. The van der Waals surface area contributed by atoms with Crippen LogP contribution in [0.5, 0.6) is 5.75 Å². The van der Waals surface area contributed by atoms with E-state index in [1.54, 1.807) is 42.5 Å². The van der Waals surface area contributed by atoms with E-state index in [1.165, 1.54) is 0 Å². The molecule has 2 aromatic rings. The fourth-order valence-electron chi connectivity index (χ4n) is 2.35. The highest BCUT2D eigenvalue weighted by molar-refractivity contribution is 6.10. The van der Waals surface area contributed by atoms with Gasteiger partial charge in [-0.2, -0.15) is 0 Å². The van der Waals surface area contributed by atoms with Gasteiger partial charge in [0, 0.05) is 16.7 Å². The highest BCUT2D eigenvalue weighted by Crippen LogP contribution is 2.38. The third-order valence-corrected chi connectivity index (χ3v) is 3.36. The Morgan fingerprint density at radius 1 is 1.00 bits per heavy atom. The van der Waals surface area contributed by atoms with Crippen molar-refractivity contribution < 1.29 is 14.3 Å². The number of hydrogen-bond donors (Lipinski definition) is 0. The zero-order valence-electron chi connectivity index (χ0n) is 10.7. The van der Waals surface area contributed by atoms with E-state index >= 15 is 0 Å². The zero-order valence-corrected chi connectivity index (χ0v) is 10.7. The van der Waals surface area contributed by atoms with E-state index in [0.29, 0.717) is 16.9 Å². The van der Waals surface area contributed by atoms with Crippen molar-refractivity contribution in [2.45, 2.75) is 5.92 Å². The molecule has 0 unspecified atom stereocenters. The number of hydrogen-bond acceptors (Lipinski definition) is 3. The van der Waals surface area contributed by atoms with Gasteiger partial charge in [0.05, 0.1) is 5.92 Å². The molecular weight excluding hydrogens is 252 g/mol. The normalized spacial score (nSPS) is 17.3. The Hall–Kier alpha value is -2.68. The third kappa shape index (κ3) is 1.93. The second-order valence-electron chi connectivity index (χ2n) is 4.62. The first kappa shape index (κ1) is 12.4. The minimum atomic E-state index is -0.671. The van der Waals surface area contributed by atoms with Gasteiger partial charge < -0.3 is 4.74 Å². The van der Waals surface area contributed by atoms with E-state index in [1.807, 2.05) is 12.1 Å². The number of carbonyl (C=O) groups is 2. The lowest BCUT2D eigenvalue weighted by atomic mass is 9.83. The molecule has 0 amide bonds. The molecule has 0 N–H and O–H groups in total. The number of fused-ring (bicyclic) bond motifs is 1. The Kier molecular flexibility index (Phi) is 2.95. The van der Waals surface area contributed by atoms with Crippen molar-refractivity contribution in [2.75, 3.05) is 0 Å². The lowest BCUT2D eigenvalue weighted by Crippen LogP contribution is -2.28. The number of esters is 1. The first-order valence-corrected chi connectivity index (χ1v) is 6.27. The molecule has 2 aromatic carbocycles. The van der Waals surface area contributed by atoms with Crippen LogP contribution in [-0.4, -0.2) is 11.8 Å². The molecule has 0 saturated carbocycles. The highest BCUT2D eigenvalue weighted by Gasteiger charge is 2.36. The molecule has 3 nitrogen and oxygen atoms in total. The van der Waals surface area contributed by atoms with Crippen molar-refractivity contribution in [1.82, 2.24) is 0 Å². The largest absolute Gasteiger partial charge is 0.423 e. The molecule has 0 radical (unpaired) electrons. The number of rotatable bonds is 2. The van der Waals surface area contributed by atoms with Crippen molar-refractivity contribution >= 4 is 11.8 Å². The molecule has 98 valence electrons. The number of benzene rings is 2. The third-order valence-electron chi connectivity index (χ3n) is 3.36. The van der Waals surface area contributed by atoms with Crippen molar-refractivity contribution in [3.05, 3.63) is 77.9 Å². The van der Waals surface area contributed by atoms with Crippen LogP contribution in [0.25, 0.3) is 0 Å². The summed E-state index contributed by atoms with van der Waals surface area (Å²) in [4.78, 5) is 24.5. The zero-order chi connectivity index (χ0) is 14.1. The molecule has 3 rings (SSSR count). The van der Waals surface area contributed by atoms with Crippen LogP contribution in [0.1, 0.15) is 21.8 Å². The van der Waals surface area contributed by atoms with Crippen LogP contribution < -0.4 is 4.74 Å². The van der Waals surface area contributed by atoms with Gasteiger partial charge in [0.25, 0.3) is 0 Å². The smallest absolute Gasteiger partial charge is 0.339 e. The van der Waals surface area contributed by atoms with E-state index in [0.717, 1.165) is 0 Å². The molecule has 1 aliphatic heterocycles. The molecule has 0 spiro atoms. The lowest BCUT2D eigenvalue weighted by Gasteiger charge is -2.25. The van der Waals surface area contributed by atoms with Gasteiger partial charge in [-0.25, -0.2) is 4.79 Å². The van der Waals surface area contributed by atoms with Crippen LogP contribution in [0.15, 0.2) is 66.7 Å². The molecule has 1 atom stereocenters. The summed E-state index contributed by atoms with van der Waals surface area (Å²) in [6, 6.07) is 16.0. The van der Waals surface area contributed by atoms with Crippen molar-refractivity contribution in [3.8, 4) is 5.75 Å². The molecule has 0 aliphatic carbocycles. The van der Waals surface area contributed by atoms with Crippen LogP contribution in [-0.2, 0) is 4.79 Å². The van der Waals surface area contributed by atoms with E-state index in [9.17, 15) is 9.59 Å². The van der Waals surface area contributed by atoms with Crippen LogP contribution in [0.2, 0.25) is 0 Å². The topological polar surface area (TPSA) is 43.4 Å². The molecule has 0 aromatic heterocycles. The van der Waals surface area contributed by atoms with Gasteiger partial charge in [-0.3, -0.25) is 4.79 Å². The SMILES string of the molecule is C=C1C(=O)Oc2ccccc2[C@H]1C(=O)c1ccccc1. The minimum absolute atomic E-state index is 0.139. The van der Waals surface area contributed by atoms with Gasteiger partial charge in [0.1, 0.15) is 5.75 Å². The average molecular weight is 264 g/mol. The van der Waals surface area contributed by atoms with E-state index in [4.69, 9.17) is 4.74 Å². The van der Waals surface area contributed by atoms with Gasteiger partial charge >= 0.3 is 5.97 Å². The number of carbonyl (C=O) groups excluding carboxylic acids is 2. The number of Topliss-reactive ketones (excluding diaryl/α,β-unsaturated/α-hetero) is 1. The summed E-state index contributed by atoms with van der Waals surface area (Å²) in [6.45, 7) is 3.73. The van der Waals surface area contributed by atoms with Crippen molar-refractivity contribution in [3.63, 3.8) is 0 Å². The quantitative estimate of drug-likeness (QED) is 0.362. The van der Waals surface area contributed by atoms with Crippen molar-refractivity contribution in [1.29, 1.82) is 0 Å². The van der Waals surface area contributed by atoms with E-state index in [2.05, 4.69) is 6.58 Å². The predicted molar refractivity (Wildman–Crippen MR) is 74.7 cm³/mol. The summed E-state index contributed by atoms with van der Waals surface area (Å²) in [6.07, 6.45) is 0. The highest BCUT2D eigenvalue weighted by atomic mass is 16.5. The summed E-state index contributed by atoms with van der Waals surface area (Å²) in [5, 5.41) is 0. The summed E-state index contributed by atoms with van der Waals surface area (Å²) in [5.74, 6) is -0.924. The van der Waals surface area contributed by atoms with Gasteiger partial charge in [0.15, 0.2) is 5.78 Å². The Bertz CT molecular complexity index is 701. The molecule has 20 heavy (non-hydrogen) atoms. The minimum Gasteiger partial charge on any atom is -0.423 e. The lowest BCUT2D eigenvalue weighted by molar-refractivity contribution is -0.131. The number of ether oxygens (including phenoxy) is 1. The van der Waals surface area contributed by atoms with Gasteiger partial charge in [-0.15, -0.1) is 0 Å². The van der Waals surface area contributed by atoms with Crippen LogP contribution in [0.3, 0.4) is 0 Å². The summed E-state index contributed by atoms with van der Waals surface area (Å²) in [7, 11) is 0. The predicted octanol–water partition coefficient (Wildman–Crippen LogP) is 3.13. The Balaban J connectivity index is 2.10.